The van der Waals surface area contributed by atoms with Gasteiger partial charge in [0.1, 0.15) is 0 Å². The van der Waals surface area contributed by atoms with E-state index in [4.69, 9.17) is 17.3 Å². The van der Waals surface area contributed by atoms with Crippen molar-refractivity contribution in [3.63, 3.8) is 0 Å². The molecule has 0 spiro atoms. The third-order valence-electron chi connectivity index (χ3n) is 3.35. The topological polar surface area (TPSA) is 29.3 Å². The van der Waals surface area contributed by atoms with E-state index in [-0.39, 0.29) is 12.1 Å². The van der Waals surface area contributed by atoms with Gasteiger partial charge in [-0.1, -0.05) is 30.7 Å². The Balaban J connectivity index is 2.22. The third-order valence-corrected chi connectivity index (χ3v) is 4.73. The molecule has 0 aromatic heterocycles. The highest BCUT2D eigenvalue weighted by molar-refractivity contribution is 7.99. The first-order valence-corrected chi connectivity index (χ1v) is 7.87. The summed E-state index contributed by atoms with van der Waals surface area (Å²) in [6, 6.07) is 8.48. The van der Waals surface area contributed by atoms with E-state index in [1.807, 2.05) is 30.0 Å². The quantitative estimate of drug-likeness (QED) is 0.924. The summed E-state index contributed by atoms with van der Waals surface area (Å²) >= 11 is 8.14. The first-order chi connectivity index (χ1) is 8.58. The van der Waals surface area contributed by atoms with Crippen LogP contribution in [-0.2, 0) is 0 Å². The number of nitrogens with two attached hydrogens (primary N) is 1. The Kier molecular flexibility index (Phi) is 4.96. The lowest BCUT2D eigenvalue weighted by molar-refractivity contribution is 0.184. The molecule has 3 atom stereocenters. The van der Waals surface area contributed by atoms with Gasteiger partial charge in [-0.25, -0.2) is 0 Å². The maximum atomic E-state index is 6.20. The summed E-state index contributed by atoms with van der Waals surface area (Å²) in [5, 5.41) is 1.47. The molecule has 0 saturated carbocycles. The average molecular weight is 285 g/mol. The van der Waals surface area contributed by atoms with E-state index in [2.05, 4.69) is 24.8 Å². The van der Waals surface area contributed by atoms with Crippen molar-refractivity contribution in [2.45, 2.75) is 31.2 Å². The Morgan fingerprint density at radius 3 is 2.89 bits per heavy atom. The fourth-order valence-electron chi connectivity index (χ4n) is 2.64. The first kappa shape index (κ1) is 14.2. The maximum absolute atomic E-state index is 6.20. The molecule has 2 N–H and O–H groups in total. The normalized spacial score (nSPS) is 24.8. The lowest BCUT2D eigenvalue weighted by Crippen LogP contribution is -2.45. The molecule has 0 radical (unpaired) electrons. The molecule has 1 aromatic rings. The lowest BCUT2D eigenvalue weighted by Gasteiger charge is -2.39. The fraction of sp³-hybridized carbons (Fsp3) is 0.571. The predicted octanol–water partition coefficient (Wildman–Crippen LogP) is 3.17. The van der Waals surface area contributed by atoms with E-state index in [0.29, 0.717) is 5.25 Å². The molecule has 100 valence electrons. The van der Waals surface area contributed by atoms with Gasteiger partial charge in [0.05, 0.1) is 0 Å². The lowest BCUT2D eigenvalue weighted by atomic mass is 9.99. The van der Waals surface area contributed by atoms with Crippen LogP contribution in [0.3, 0.4) is 0 Å². The Bertz CT molecular complexity index is 397. The minimum absolute atomic E-state index is 0.110. The highest BCUT2D eigenvalue weighted by Crippen LogP contribution is 2.30. The van der Waals surface area contributed by atoms with Crippen LogP contribution < -0.4 is 5.73 Å². The van der Waals surface area contributed by atoms with Crippen LogP contribution in [0.1, 0.15) is 25.5 Å². The van der Waals surface area contributed by atoms with Crippen LogP contribution >= 0.6 is 23.4 Å². The molecule has 18 heavy (non-hydrogen) atoms. The summed E-state index contributed by atoms with van der Waals surface area (Å²) in [6.45, 7) is 6.57. The summed E-state index contributed by atoms with van der Waals surface area (Å²) < 4.78 is 0. The van der Waals surface area contributed by atoms with Crippen LogP contribution in [0.5, 0.6) is 0 Å². The number of thioether (sulfide) groups is 1. The molecule has 2 nitrogen and oxygen atoms in total. The number of hydrogen-bond acceptors (Lipinski definition) is 3. The van der Waals surface area contributed by atoms with Gasteiger partial charge in [0.25, 0.3) is 0 Å². The summed E-state index contributed by atoms with van der Waals surface area (Å²) in [4.78, 5) is 2.50. The minimum atomic E-state index is 0.110. The summed E-state index contributed by atoms with van der Waals surface area (Å²) in [6.07, 6.45) is 0. The highest BCUT2D eigenvalue weighted by atomic mass is 35.5. The van der Waals surface area contributed by atoms with Gasteiger partial charge in [0, 0.05) is 41.2 Å². The monoisotopic (exact) mass is 284 g/mol. The zero-order valence-electron chi connectivity index (χ0n) is 11.0. The SMILES string of the molecule is CC1CN(C(c2cccc(Cl)c2)C(C)N)CCS1. The van der Waals surface area contributed by atoms with E-state index >= 15 is 0 Å². The maximum Gasteiger partial charge on any atom is 0.0497 e. The zero-order valence-corrected chi connectivity index (χ0v) is 12.5. The van der Waals surface area contributed by atoms with E-state index in [1.165, 1.54) is 11.3 Å². The zero-order chi connectivity index (χ0) is 13.1. The molecule has 0 amide bonds. The number of hydrogen-bond donors (Lipinski definition) is 1. The van der Waals surface area contributed by atoms with Gasteiger partial charge in [-0.15, -0.1) is 0 Å². The van der Waals surface area contributed by atoms with Gasteiger partial charge in [-0.05, 0) is 24.6 Å². The standard InChI is InChI=1S/C14H21ClN2S/c1-10-9-17(6-7-18-10)14(11(2)16)12-4-3-5-13(15)8-12/h3-5,8,10-11,14H,6-7,9,16H2,1-2H3. The molecule has 1 aliphatic heterocycles. The minimum Gasteiger partial charge on any atom is -0.326 e. The van der Waals surface area contributed by atoms with Crippen LogP contribution in [0.2, 0.25) is 5.02 Å². The summed E-state index contributed by atoms with van der Waals surface area (Å²) in [5.41, 5.74) is 7.44. The predicted molar refractivity (Wildman–Crippen MR) is 81.3 cm³/mol. The number of halogens is 1. The molecule has 1 aromatic carbocycles. The van der Waals surface area contributed by atoms with Gasteiger partial charge in [0.2, 0.25) is 0 Å². The second kappa shape index (κ2) is 6.29. The second-order valence-corrected chi connectivity index (χ2v) is 7.02. The van der Waals surface area contributed by atoms with Crippen LogP contribution in [0.25, 0.3) is 0 Å². The molecule has 0 aliphatic carbocycles. The molecule has 1 heterocycles. The average Bonchev–Trinajstić information content (AvgIpc) is 2.28. The van der Waals surface area contributed by atoms with Crippen molar-refractivity contribution in [2.75, 3.05) is 18.8 Å². The molecule has 0 bridgehead atoms. The summed E-state index contributed by atoms with van der Waals surface area (Å²) in [7, 11) is 0. The molecule has 1 saturated heterocycles. The molecular formula is C14H21ClN2S. The van der Waals surface area contributed by atoms with Gasteiger partial charge < -0.3 is 5.73 Å². The second-order valence-electron chi connectivity index (χ2n) is 5.04. The summed E-state index contributed by atoms with van der Waals surface area (Å²) in [5.74, 6) is 1.19. The highest BCUT2D eigenvalue weighted by Gasteiger charge is 2.27. The number of benzene rings is 1. The molecule has 3 unspecified atom stereocenters. The first-order valence-electron chi connectivity index (χ1n) is 6.44. The van der Waals surface area contributed by atoms with Gasteiger partial charge >= 0.3 is 0 Å². The smallest absolute Gasteiger partial charge is 0.0497 e. The van der Waals surface area contributed by atoms with E-state index < -0.39 is 0 Å². The van der Waals surface area contributed by atoms with Crippen LogP contribution in [0.15, 0.2) is 24.3 Å². The van der Waals surface area contributed by atoms with Gasteiger partial charge in [-0.2, -0.15) is 11.8 Å². The van der Waals surface area contributed by atoms with Gasteiger partial charge in [-0.3, -0.25) is 4.90 Å². The van der Waals surface area contributed by atoms with Crippen LogP contribution in [-0.4, -0.2) is 35.0 Å². The Hall–Kier alpha value is -0.220. The van der Waals surface area contributed by atoms with E-state index in [0.717, 1.165) is 18.1 Å². The third kappa shape index (κ3) is 3.41. The van der Waals surface area contributed by atoms with Crippen molar-refractivity contribution in [2.24, 2.45) is 5.73 Å². The Morgan fingerprint density at radius 1 is 1.50 bits per heavy atom. The molecule has 2 rings (SSSR count). The van der Waals surface area contributed by atoms with Crippen molar-refractivity contribution in [1.82, 2.24) is 4.90 Å². The van der Waals surface area contributed by atoms with Crippen molar-refractivity contribution in [3.8, 4) is 0 Å². The van der Waals surface area contributed by atoms with Crippen molar-refractivity contribution >= 4 is 23.4 Å². The number of nitrogens with zero attached hydrogens (tertiary/aromatic N) is 1. The largest absolute Gasteiger partial charge is 0.326 e. The van der Waals surface area contributed by atoms with E-state index in [1.54, 1.807) is 0 Å². The fourth-order valence-corrected chi connectivity index (χ4v) is 3.87. The van der Waals surface area contributed by atoms with Gasteiger partial charge in [0.15, 0.2) is 0 Å². The Morgan fingerprint density at radius 2 is 2.28 bits per heavy atom. The van der Waals surface area contributed by atoms with Crippen LogP contribution in [0.4, 0.5) is 0 Å². The Labute approximate surface area is 119 Å². The molecule has 4 heteroatoms. The van der Waals surface area contributed by atoms with E-state index in [9.17, 15) is 0 Å². The molecule has 1 aliphatic rings. The van der Waals surface area contributed by atoms with Crippen molar-refractivity contribution < 1.29 is 0 Å². The molecular weight excluding hydrogens is 264 g/mol. The van der Waals surface area contributed by atoms with Crippen molar-refractivity contribution in [1.29, 1.82) is 0 Å². The number of rotatable bonds is 3. The van der Waals surface area contributed by atoms with Crippen molar-refractivity contribution in [3.05, 3.63) is 34.9 Å². The van der Waals surface area contributed by atoms with Crippen LogP contribution in [0, 0.1) is 0 Å². The molecule has 1 fully saturated rings.